The zero-order chi connectivity index (χ0) is 12.5. The second kappa shape index (κ2) is 8.58. The van der Waals surface area contributed by atoms with Crippen LogP contribution in [0.25, 0.3) is 0 Å². The molecule has 0 aromatic carbocycles. The molecule has 17 heavy (non-hydrogen) atoms. The number of rotatable bonds is 9. The van der Waals surface area contributed by atoms with Gasteiger partial charge in [0.25, 0.3) is 0 Å². The van der Waals surface area contributed by atoms with Crippen molar-refractivity contribution in [2.75, 3.05) is 27.4 Å². The molecule has 0 spiro atoms. The fourth-order valence-corrected chi connectivity index (χ4v) is 2.62. The van der Waals surface area contributed by atoms with Crippen LogP contribution in [0.15, 0.2) is 0 Å². The molecule has 1 aromatic rings. The predicted molar refractivity (Wildman–Crippen MR) is 70.4 cm³/mol. The van der Waals surface area contributed by atoms with E-state index < -0.39 is 0 Å². The van der Waals surface area contributed by atoms with E-state index in [1.54, 1.807) is 25.6 Å². The number of nitrogens with zero attached hydrogens (tertiary/aromatic N) is 1. The molecule has 0 aliphatic carbocycles. The second-order valence-electron chi connectivity index (χ2n) is 3.79. The minimum Gasteiger partial charge on any atom is -0.385 e. The first-order valence-corrected chi connectivity index (χ1v) is 6.79. The van der Waals surface area contributed by atoms with Crippen LogP contribution in [0.3, 0.4) is 0 Å². The Bertz CT molecular complexity index is 315. The first-order valence-electron chi connectivity index (χ1n) is 5.97. The summed E-state index contributed by atoms with van der Waals surface area (Å²) in [5.74, 6) is 0. The molecule has 0 saturated carbocycles. The first kappa shape index (κ1) is 14.6. The van der Waals surface area contributed by atoms with Gasteiger partial charge in [-0.15, -0.1) is 11.3 Å². The summed E-state index contributed by atoms with van der Waals surface area (Å²) in [4.78, 5) is 5.92. The predicted octanol–water partition coefficient (Wildman–Crippen LogP) is 1.98. The van der Waals surface area contributed by atoms with Gasteiger partial charge in [-0.05, 0) is 13.0 Å². The fraction of sp³-hybridized carbons (Fsp3) is 0.750. The molecule has 5 heteroatoms. The third-order valence-corrected chi connectivity index (χ3v) is 3.54. The van der Waals surface area contributed by atoms with Gasteiger partial charge in [0.05, 0.1) is 17.3 Å². The maximum absolute atomic E-state index is 5.18. The van der Waals surface area contributed by atoms with Crippen molar-refractivity contribution >= 4 is 11.3 Å². The molecule has 0 fully saturated rings. The summed E-state index contributed by atoms with van der Waals surface area (Å²) < 4.78 is 10.2. The molecule has 0 aliphatic rings. The molecule has 0 atom stereocenters. The number of hydrogen-bond acceptors (Lipinski definition) is 5. The van der Waals surface area contributed by atoms with E-state index in [2.05, 4.69) is 17.2 Å². The van der Waals surface area contributed by atoms with Crippen LogP contribution in [0.1, 0.15) is 28.9 Å². The van der Waals surface area contributed by atoms with Crippen molar-refractivity contribution in [3.8, 4) is 0 Å². The molecule has 4 nitrogen and oxygen atoms in total. The monoisotopic (exact) mass is 258 g/mol. The highest BCUT2D eigenvalue weighted by molar-refractivity contribution is 7.11. The van der Waals surface area contributed by atoms with E-state index in [-0.39, 0.29) is 0 Å². The molecule has 98 valence electrons. The Balaban J connectivity index is 2.59. The summed E-state index contributed by atoms with van der Waals surface area (Å²) >= 11 is 1.78. The van der Waals surface area contributed by atoms with Gasteiger partial charge in [-0.25, -0.2) is 4.98 Å². The van der Waals surface area contributed by atoms with Crippen LogP contribution < -0.4 is 5.32 Å². The fourth-order valence-electron chi connectivity index (χ4n) is 1.54. The molecule has 0 radical (unpaired) electrons. The number of aromatic nitrogens is 1. The highest BCUT2D eigenvalue weighted by Crippen LogP contribution is 2.20. The van der Waals surface area contributed by atoms with Gasteiger partial charge in [-0.2, -0.15) is 0 Å². The van der Waals surface area contributed by atoms with Gasteiger partial charge >= 0.3 is 0 Å². The Morgan fingerprint density at radius 2 is 2.12 bits per heavy atom. The SMILES string of the molecule is CCNCc1sc(CCCOC)nc1COC. The summed E-state index contributed by atoms with van der Waals surface area (Å²) in [5, 5.41) is 4.52. The number of nitrogens with one attached hydrogen (secondary N) is 1. The molecule has 1 heterocycles. The molecule has 1 N–H and O–H groups in total. The molecule has 0 saturated heterocycles. The molecule has 0 unspecified atom stereocenters. The number of ether oxygens (including phenoxy) is 2. The van der Waals surface area contributed by atoms with E-state index in [4.69, 9.17) is 9.47 Å². The molecule has 0 amide bonds. The van der Waals surface area contributed by atoms with Gasteiger partial charge in [0.2, 0.25) is 0 Å². The van der Waals surface area contributed by atoms with Crippen LogP contribution in [-0.2, 0) is 29.0 Å². The summed E-state index contributed by atoms with van der Waals surface area (Å²) in [6, 6.07) is 0. The van der Waals surface area contributed by atoms with Crippen LogP contribution in [0.2, 0.25) is 0 Å². The summed E-state index contributed by atoms with van der Waals surface area (Å²) in [5.41, 5.74) is 1.07. The number of methoxy groups -OCH3 is 2. The van der Waals surface area contributed by atoms with Crippen LogP contribution in [0.4, 0.5) is 0 Å². The molecule has 1 rings (SSSR count). The van der Waals surface area contributed by atoms with E-state index in [0.29, 0.717) is 6.61 Å². The van der Waals surface area contributed by atoms with Gasteiger partial charge in [-0.1, -0.05) is 6.92 Å². The number of aryl methyl sites for hydroxylation is 1. The summed E-state index contributed by atoms with van der Waals surface area (Å²) in [6.45, 7) is 5.36. The molecular weight excluding hydrogens is 236 g/mol. The molecular formula is C12H22N2O2S. The van der Waals surface area contributed by atoms with Gasteiger partial charge in [0, 0.05) is 38.7 Å². The van der Waals surface area contributed by atoms with Crippen molar-refractivity contribution in [3.63, 3.8) is 0 Å². The lowest BCUT2D eigenvalue weighted by Gasteiger charge is -2.00. The second-order valence-corrected chi connectivity index (χ2v) is 4.96. The lowest BCUT2D eigenvalue weighted by molar-refractivity contribution is 0.181. The van der Waals surface area contributed by atoms with E-state index in [1.165, 1.54) is 9.88 Å². The Morgan fingerprint density at radius 1 is 1.29 bits per heavy atom. The quantitative estimate of drug-likeness (QED) is 0.688. The van der Waals surface area contributed by atoms with Crippen molar-refractivity contribution in [3.05, 3.63) is 15.6 Å². The smallest absolute Gasteiger partial charge is 0.0933 e. The highest BCUT2D eigenvalue weighted by Gasteiger charge is 2.10. The zero-order valence-corrected chi connectivity index (χ0v) is 11.7. The van der Waals surface area contributed by atoms with Crippen LogP contribution in [-0.4, -0.2) is 32.4 Å². The third-order valence-electron chi connectivity index (χ3n) is 2.38. The van der Waals surface area contributed by atoms with Gasteiger partial charge in [0.15, 0.2) is 0 Å². The van der Waals surface area contributed by atoms with Crippen LogP contribution >= 0.6 is 11.3 Å². The van der Waals surface area contributed by atoms with Crippen molar-refractivity contribution in [2.24, 2.45) is 0 Å². The summed E-state index contributed by atoms with van der Waals surface area (Å²) in [6.07, 6.45) is 2.01. The molecule has 0 aliphatic heterocycles. The van der Waals surface area contributed by atoms with Crippen LogP contribution in [0.5, 0.6) is 0 Å². The number of thiazole rings is 1. The van der Waals surface area contributed by atoms with E-state index in [0.717, 1.165) is 38.2 Å². The summed E-state index contributed by atoms with van der Waals surface area (Å²) in [7, 11) is 3.44. The Kier molecular flexibility index (Phi) is 7.35. The molecule has 1 aromatic heterocycles. The zero-order valence-electron chi connectivity index (χ0n) is 10.9. The maximum atomic E-state index is 5.18. The lowest BCUT2D eigenvalue weighted by Crippen LogP contribution is -2.12. The van der Waals surface area contributed by atoms with Gasteiger partial charge < -0.3 is 14.8 Å². The minimum absolute atomic E-state index is 0.599. The average Bonchev–Trinajstić information content (AvgIpc) is 2.70. The molecule has 0 bridgehead atoms. The van der Waals surface area contributed by atoms with Crippen molar-refractivity contribution in [1.82, 2.24) is 10.3 Å². The Morgan fingerprint density at radius 3 is 2.76 bits per heavy atom. The first-order chi connectivity index (χ1) is 8.31. The van der Waals surface area contributed by atoms with Crippen molar-refractivity contribution in [2.45, 2.75) is 32.9 Å². The van der Waals surface area contributed by atoms with E-state index in [1.807, 2.05) is 0 Å². The van der Waals surface area contributed by atoms with Crippen molar-refractivity contribution in [1.29, 1.82) is 0 Å². The number of hydrogen-bond donors (Lipinski definition) is 1. The third kappa shape index (κ3) is 5.12. The van der Waals surface area contributed by atoms with Gasteiger partial charge in [-0.3, -0.25) is 0 Å². The topological polar surface area (TPSA) is 43.4 Å². The average molecular weight is 258 g/mol. The van der Waals surface area contributed by atoms with Crippen molar-refractivity contribution < 1.29 is 9.47 Å². The highest BCUT2D eigenvalue weighted by atomic mass is 32.1. The van der Waals surface area contributed by atoms with E-state index in [9.17, 15) is 0 Å². The normalized spacial score (nSPS) is 11.0. The van der Waals surface area contributed by atoms with E-state index >= 15 is 0 Å². The lowest BCUT2D eigenvalue weighted by atomic mass is 10.3. The maximum Gasteiger partial charge on any atom is 0.0933 e. The minimum atomic E-state index is 0.599. The largest absolute Gasteiger partial charge is 0.385 e. The van der Waals surface area contributed by atoms with Crippen LogP contribution in [0, 0.1) is 0 Å². The standard InChI is InChI=1S/C12H22N2O2S/c1-4-13-8-11-10(9-16-3)14-12(17-11)6-5-7-15-2/h13H,4-9H2,1-3H3. The Labute approximate surface area is 107 Å². The van der Waals surface area contributed by atoms with Gasteiger partial charge in [0.1, 0.15) is 0 Å². The Hall–Kier alpha value is -0.490.